The van der Waals surface area contributed by atoms with E-state index >= 15 is 0 Å². The van der Waals surface area contributed by atoms with E-state index in [-0.39, 0.29) is 18.4 Å². The number of aromatic hydroxyl groups is 1. The summed E-state index contributed by atoms with van der Waals surface area (Å²) in [5.41, 5.74) is 3.47. The maximum Gasteiger partial charge on any atom is 0.271 e. The zero-order valence-corrected chi connectivity index (χ0v) is 14.2. The fourth-order valence-electron chi connectivity index (χ4n) is 2.09. The molecule has 0 unspecified atom stereocenters. The van der Waals surface area contributed by atoms with Crippen LogP contribution in [-0.4, -0.2) is 31.1 Å². The van der Waals surface area contributed by atoms with Gasteiger partial charge in [-0.05, 0) is 51.8 Å². The normalized spacial score (nSPS) is 12.4. The van der Waals surface area contributed by atoms with Gasteiger partial charge in [-0.1, -0.05) is 0 Å². The quantitative estimate of drug-likeness (QED) is 0.616. The number of nitrogens with one attached hydrogen (secondary N) is 1. The van der Waals surface area contributed by atoms with Crippen molar-refractivity contribution in [2.45, 2.75) is 0 Å². The molecule has 3 rings (SSSR count). The van der Waals surface area contributed by atoms with Crippen LogP contribution >= 0.6 is 15.9 Å². The maximum absolute atomic E-state index is 12.1. The Morgan fingerprint density at radius 3 is 2.92 bits per heavy atom. The summed E-state index contributed by atoms with van der Waals surface area (Å²) in [6.07, 6.45) is 1.44. The summed E-state index contributed by atoms with van der Waals surface area (Å²) in [6.45, 7) is 0.149. The number of nitrogens with zero attached hydrogens (tertiary/aromatic N) is 1. The fraction of sp³-hybridized carbons (Fsp3) is 0.125. The maximum atomic E-state index is 12.1. The van der Waals surface area contributed by atoms with E-state index in [1.807, 2.05) is 0 Å². The molecule has 0 spiro atoms. The van der Waals surface area contributed by atoms with E-state index in [9.17, 15) is 9.90 Å². The lowest BCUT2D eigenvalue weighted by Crippen LogP contribution is -2.17. The zero-order valence-electron chi connectivity index (χ0n) is 12.6. The van der Waals surface area contributed by atoms with Crippen LogP contribution in [0.5, 0.6) is 23.0 Å². The van der Waals surface area contributed by atoms with E-state index in [1.165, 1.54) is 13.3 Å². The molecule has 1 aliphatic heterocycles. The number of phenolic OH excluding ortho intramolecular Hbond substituents is 1. The largest absolute Gasteiger partial charge is 0.503 e. The Labute approximate surface area is 146 Å². The lowest BCUT2D eigenvalue weighted by atomic mass is 10.2. The second-order valence-electron chi connectivity index (χ2n) is 4.82. The first kappa shape index (κ1) is 16.1. The Balaban J connectivity index is 1.70. The van der Waals surface area contributed by atoms with Crippen LogP contribution in [0.15, 0.2) is 39.9 Å². The van der Waals surface area contributed by atoms with E-state index in [1.54, 1.807) is 30.3 Å². The lowest BCUT2D eigenvalue weighted by Gasteiger charge is -2.06. The number of rotatable bonds is 4. The second-order valence-corrected chi connectivity index (χ2v) is 5.68. The van der Waals surface area contributed by atoms with Crippen molar-refractivity contribution >= 4 is 28.1 Å². The van der Waals surface area contributed by atoms with Gasteiger partial charge in [-0.15, -0.1) is 0 Å². The van der Waals surface area contributed by atoms with Gasteiger partial charge in [0.15, 0.2) is 23.0 Å². The summed E-state index contributed by atoms with van der Waals surface area (Å²) in [5, 5.41) is 13.7. The highest BCUT2D eigenvalue weighted by molar-refractivity contribution is 9.10. The molecule has 2 aromatic rings. The van der Waals surface area contributed by atoms with Crippen LogP contribution in [0.4, 0.5) is 0 Å². The summed E-state index contributed by atoms with van der Waals surface area (Å²) in [7, 11) is 1.45. The van der Waals surface area contributed by atoms with Crippen molar-refractivity contribution in [3.8, 4) is 23.0 Å². The lowest BCUT2D eigenvalue weighted by molar-refractivity contribution is 0.0954. The van der Waals surface area contributed by atoms with E-state index in [0.29, 0.717) is 32.8 Å². The van der Waals surface area contributed by atoms with E-state index < -0.39 is 0 Å². The standard InChI is InChI=1S/C16H13BrN2O5/c1-22-14-5-9(4-11(17)15(14)20)7-18-19-16(21)10-2-3-12-13(6-10)24-8-23-12/h2-7,20H,8H2,1H3,(H,19,21). The highest BCUT2D eigenvalue weighted by Crippen LogP contribution is 2.35. The molecular weight excluding hydrogens is 380 g/mol. The molecule has 0 aromatic heterocycles. The van der Waals surface area contributed by atoms with Gasteiger partial charge in [0, 0.05) is 5.56 Å². The Hall–Kier alpha value is -2.74. The van der Waals surface area contributed by atoms with Crippen molar-refractivity contribution in [3.05, 3.63) is 45.9 Å². The third kappa shape index (κ3) is 3.28. The third-order valence-corrected chi connectivity index (χ3v) is 3.89. The zero-order chi connectivity index (χ0) is 17.1. The number of carbonyl (C=O) groups is 1. The molecule has 1 aliphatic rings. The average molecular weight is 393 g/mol. The highest BCUT2D eigenvalue weighted by atomic mass is 79.9. The summed E-state index contributed by atoms with van der Waals surface area (Å²) in [4.78, 5) is 12.1. The van der Waals surface area contributed by atoms with Gasteiger partial charge >= 0.3 is 0 Å². The van der Waals surface area contributed by atoms with Gasteiger partial charge in [-0.3, -0.25) is 4.79 Å². The van der Waals surface area contributed by atoms with Gasteiger partial charge in [0.25, 0.3) is 5.91 Å². The number of carbonyl (C=O) groups excluding carboxylic acids is 1. The van der Waals surface area contributed by atoms with Gasteiger partial charge in [0.2, 0.25) is 6.79 Å². The number of hydrogen-bond donors (Lipinski definition) is 2. The van der Waals surface area contributed by atoms with Crippen LogP contribution in [0, 0.1) is 0 Å². The molecule has 0 saturated heterocycles. The molecule has 0 fully saturated rings. The number of fused-ring (bicyclic) bond motifs is 1. The van der Waals surface area contributed by atoms with E-state index in [4.69, 9.17) is 14.2 Å². The van der Waals surface area contributed by atoms with Crippen LogP contribution < -0.4 is 19.6 Å². The molecule has 0 aliphatic carbocycles. The Morgan fingerprint density at radius 2 is 2.12 bits per heavy atom. The van der Waals surface area contributed by atoms with Crippen LogP contribution in [0.3, 0.4) is 0 Å². The number of amides is 1. The highest BCUT2D eigenvalue weighted by Gasteiger charge is 2.15. The molecule has 0 bridgehead atoms. The summed E-state index contributed by atoms with van der Waals surface area (Å²) >= 11 is 3.22. The van der Waals surface area contributed by atoms with Gasteiger partial charge in [-0.2, -0.15) is 5.10 Å². The fourth-order valence-corrected chi connectivity index (χ4v) is 2.55. The minimum Gasteiger partial charge on any atom is -0.503 e. The Bertz CT molecular complexity index is 822. The van der Waals surface area contributed by atoms with Crippen molar-refractivity contribution < 1.29 is 24.1 Å². The molecule has 2 aromatic carbocycles. The van der Waals surface area contributed by atoms with Crippen molar-refractivity contribution in [2.24, 2.45) is 5.10 Å². The number of methoxy groups -OCH3 is 1. The molecule has 24 heavy (non-hydrogen) atoms. The number of halogens is 1. The SMILES string of the molecule is COc1cc(C=NNC(=O)c2ccc3c(c2)OCO3)cc(Br)c1O. The number of hydrazone groups is 1. The Kier molecular flexibility index (Phi) is 4.57. The molecular formula is C16H13BrN2O5. The second kappa shape index (κ2) is 6.79. The van der Waals surface area contributed by atoms with E-state index in [2.05, 4.69) is 26.5 Å². The first-order valence-electron chi connectivity index (χ1n) is 6.88. The smallest absolute Gasteiger partial charge is 0.271 e. The van der Waals surface area contributed by atoms with Crippen LogP contribution in [0.1, 0.15) is 15.9 Å². The monoisotopic (exact) mass is 392 g/mol. The molecule has 0 atom stereocenters. The summed E-state index contributed by atoms with van der Waals surface area (Å²) in [5.74, 6) is 1.05. The number of ether oxygens (including phenoxy) is 3. The number of benzene rings is 2. The third-order valence-electron chi connectivity index (χ3n) is 3.29. The van der Waals surface area contributed by atoms with Gasteiger partial charge in [-0.25, -0.2) is 5.43 Å². The topological polar surface area (TPSA) is 89.4 Å². The van der Waals surface area contributed by atoms with Crippen LogP contribution in [0.25, 0.3) is 0 Å². The van der Waals surface area contributed by atoms with Crippen LogP contribution in [-0.2, 0) is 0 Å². The molecule has 0 radical (unpaired) electrons. The van der Waals surface area contributed by atoms with Crippen molar-refractivity contribution in [1.29, 1.82) is 0 Å². The first-order chi connectivity index (χ1) is 11.6. The first-order valence-corrected chi connectivity index (χ1v) is 7.67. The van der Waals surface area contributed by atoms with Crippen molar-refractivity contribution in [2.75, 3.05) is 13.9 Å². The molecule has 8 heteroatoms. The summed E-state index contributed by atoms with van der Waals surface area (Å²) < 4.78 is 15.9. The number of phenols is 1. The Morgan fingerprint density at radius 1 is 1.33 bits per heavy atom. The minimum atomic E-state index is -0.380. The van der Waals surface area contributed by atoms with Crippen LogP contribution in [0.2, 0.25) is 0 Å². The van der Waals surface area contributed by atoms with Crippen molar-refractivity contribution in [3.63, 3.8) is 0 Å². The molecule has 1 amide bonds. The predicted octanol–water partition coefficient (Wildman–Crippen LogP) is 2.66. The minimum absolute atomic E-state index is 0.000884. The molecule has 1 heterocycles. The molecule has 0 saturated carbocycles. The number of hydrogen-bond acceptors (Lipinski definition) is 6. The van der Waals surface area contributed by atoms with E-state index in [0.717, 1.165) is 0 Å². The molecule has 7 nitrogen and oxygen atoms in total. The van der Waals surface area contributed by atoms with Gasteiger partial charge in [0.1, 0.15) is 0 Å². The molecule has 2 N–H and O–H groups in total. The molecule has 124 valence electrons. The predicted molar refractivity (Wildman–Crippen MR) is 90.0 cm³/mol. The van der Waals surface area contributed by atoms with Gasteiger partial charge < -0.3 is 19.3 Å². The summed E-state index contributed by atoms with van der Waals surface area (Å²) in [6, 6.07) is 8.12. The van der Waals surface area contributed by atoms with Gasteiger partial charge in [0.05, 0.1) is 17.8 Å². The average Bonchev–Trinajstić information content (AvgIpc) is 3.05. The van der Waals surface area contributed by atoms with Crippen molar-refractivity contribution in [1.82, 2.24) is 5.43 Å².